The number of nitrogens with zero attached hydrogens (tertiary/aromatic N) is 3. The van der Waals surface area contributed by atoms with Crippen LogP contribution in [0, 0.1) is 0 Å². The Hall–Kier alpha value is -1.60. The maximum atomic E-state index is 12.8. The van der Waals surface area contributed by atoms with E-state index < -0.39 is 0 Å². The van der Waals surface area contributed by atoms with E-state index >= 15 is 0 Å². The molecular weight excluding hydrogens is 398 g/mol. The molecule has 7 heteroatoms. The van der Waals surface area contributed by atoms with Crippen LogP contribution in [0.5, 0.6) is 5.75 Å². The zero-order valence-corrected chi connectivity index (χ0v) is 16.4. The van der Waals surface area contributed by atoms with Crippen LogP contribution in [0.3, 0.4) is 0 Å². The minimum Gasteiger partial charge on any atom is -0.482 e. The van der Waals surface area contributed by atoms with Crippen molar-refractivity contribution in [1.29, 1.82) is 0 Å². The number of hydrogen-bond donors (Lipinski definition) is 0. The first-order chi connectivity index (χ1) is 12.6. The molecule has 0 unspecified atom stereocenters. The average molecular weight is 422 g/mol. The van der Waals surface area contributed by atoms with Gasteiger partial charge in [0.25, 0.3) is 5.91 Å². The van der Waals surface area contributed by atoms with E-state index in [0.717, 1.165) is 30.7 Å². The number of fused-ring (bicyclic) bond motifs is 1. The van der Waals surface area contributed by atoms with Crippen LogP contribution >= 0.6 is 15.9 Å². The Morgan fingerprint density at radius 3 is 2.62 bits per heavy atom. The summed E-state index contributed by atoms with van der Waals surface area (Å²) in [6.07, 6.45) is 5.25. The predicted molar refractivity (Wildman–Crippen MR) is 102 cm³/mol. The molecule has 4 rings (SSSR count). The molecule has 2 fully saturated rings. The summed E-state index contributed by atoms with van der Waals surface area (Å²) in [4.78, 5) is 31.1. The standard InChI is InChI=1S/C19H24BrN3O3/c20-14-5-6-16-17(11-14)26-13-19(25)23(16)12-18(24)22-9-7-21(8-10-22)15-3-1-2-4-15/h5-6,11,15H,1-4,7-10,12-13H2. The average Bonchev–Trinajstić information content (AvgIpc) is 3.19. The van der Waals surface area contributed by atoms with Gasteiger partial charge in [-0.2, -0.15) is 0 Å². The van der Waals surface area contributed by atoms with Crippen LogP contribution < -0.4 is 9.64 Å². The minimum atomic E-state index is -0.169. The number of hydrogen-bond acceptors (Lipinski definition) is 4. The molecule has 1 aliphatic carbocycles. The molecule has 0 N–H and O–H groups in total. The van der Waals surface area contributed by atoms with Gasteiger partial charge >= 0.3 is 0 Å². The zero-order chi connectivity index (χ0) is 18.1. The normalized spacial score (nSPS) is 21.7. The third-order valence-corrected chi connectivity index (χ3v) is 6.16. The van der Waals surface area contributed by atoms with Gasteiger partial charge in [-0.15, -0.1) is 0 Å². The number of ether oxygens (including phenoxy) is 1. The van der Waals surface area contributed by atoms with E-state index in [1.165, 1.54) is 25.7 Å². The van der Waals surface area contributed by atoms with Crippen molar-refractivity contribution in [2.75, 3.05) is 44.2 Å². The molecule has 2 amide bonds. The molecule has 3 aliphatic rings. The van der Waals surface area contributed by atoms with Crippen LogP contribution in [0.25, 0.3) is 0 Å². The third-order valence-electron chi connectivity index (χ3n) is 5.67. The highest BCUT2D eigenvalue weighted by atomic mass is 79.9. The molecule has 26 heavy (non-hydrogen) atoms. The zero-order valence-electron chi connectivity index (χ0n) is 14.8. The van der Waals surface area contributed by atoms with E-state index in [4.69, 9.17) is 4.74 Å². The van der Waals surface area contributed by atoms with Gasteiger partial charge in [-0.3, -0.25) is 19.4 Å². The van der Waals surface area contributed by atoms with Gasteiger partial charge in [0, 0.05) is 36.7 Å². The fourth-order valence-electron chi connectivity index (χ4n) is 4.19. The second-order valence-corrected chi connectivity index (χ2v) is 8.15. The molecule has 1 saturated heterocycles. The first kappa shape index (κ1) is 17.8. The Balaban J connectivity index is 1.38. The van der Waals surface area contributed by atoms with Crippen LogP contribution in [0.2, 0.25) is 0 Å². The van der Waals surface area contributed by atoms with Crippen molar-refractivity contribution in [1.82, 2.24) is 9.80 Å². The van der Waals surface area contributed by atoms with Crippen molar-refractivity contribution in [3.63, 3.8) is 0 Å². The van der Waals surface area contributed by atoms with Crippen LogP contribution in [0.4, 0.5) is 5.69 Å². The van der Waals surface area contributed by atoms with Gasteiger partial charge in [0.2, 0.25) is 5.91 Å². The number of anilines is 1. The van der Waals surface area contributed by atoms with Crippen molar-refractivity contribution in [3.8, 4) is 5.75 Å². The molecule has 6 nitrogen and oxygen atoms in total. The molecule has 2 heterocycles. The van der Waals surface area contributed by atoms with Gasteiger partial charge in [0.1, 0.15) is 12.3 Å². The van der Waals surface area contributed by atoms with Crippen LogP contribution in [-0.4, -0.2) is 67.0 Å². The number of benzene rings is 1. The van der Waals surface area contributed by atoms with Crippen molar-refractivity contribution < 1.29 is 14.3 Å². The Kier molecular flexibility index (Phi) is 5.18. The molecule has 1 aromatic rings. The lowest BCUT2D eigenvalue weighted by atomic mass is 10.1. The SMILES string of the molecule is O=C(CN1C(=O)COc2cc(Br)ccc21)N1CCN(C2CCCC2)CC1. The summed E-state index contributed by atoms with van der Waals surface area (Å²) in [6, 6.07) is 6.22. The summed E-state index contributed by atoms with van der Waals surface area (Å²) in [5, 5.41) is 0. The summed E-state index contributed by atoms with van der Waals surface area (Å²) >= 11 is 3.41. The summed E-state index contributed by atoms with van der Waals surface area (Å²) in [5.74, 6) is 0.482. The van der Waals surface area contributed by atoms with Gasteiger partial charge < -0.3 is 9.64 Å². The molecule has 0 aromatic heterocycles. The Bertz CT molecular complexity index is 697. The highest BCUT2D eigenvalue weighted by Gasteiger charge is 2.31. The van der Waals surface area contributed by atoms with Crippen LogP contribution in [-0.2, 0) is 9.59 Å². The molecular formula is C19H24BrN3O3. The lowest BCUT2D eigenvalue weighted by Crippen LogP contribution is -2.54. The molecule has 1 aromatic carbocycles. The minimum absolute atomic E-state index is 0.0141. The highest BCUT2D eigenvalue weighted by Crippen LogP contribution is 2.34. The first-order valence-corrected chi connectivity index (χ1v) is 10.2. The smallest absolute Gasteiger partial charge is 0.265 e. The molecule has 0 radical (unpaired) electrons. The monoisotopic (exact) mass is 421 g/mol. The van der Waals surface area contributed by atoms with E-state index in [0.29, 0.717) is 17.5 Å². The second-order valence-electron chi connectivity index (χ2n) is 7.24. The molecule has 1 saturated carbocycles. The Labute approximate surface area is 162 Å². The van der Waals surface area contributed by atoms with Gasteiger partial charge in [0.15, 0.2) is 6.61 Å². The van der Waals surface area contributed by atoms with E-state index in [9.17, 15) is 9.59 Å². The lowest BCUT2D eigenvalue weighted by molar-refractivity contribution is -0.133. The summed E-state index contributed by atoms with van der Waals surface area (Å²) < 4.78 is 6.38. The number of carbonyl (C=O) groups is 2. The van der Waals surface area contributed by atoms with Crippen molar-refractivity contribution in [2.24, 2.45) is 0 Å². The predicted octanol–water partition coefficient (Wildman–Crippen LogP) is 2.26. The highest BCUT2D eigenvalue weighted by molar-refractivity contribution is 9.10. The van der Waals surface area contributed by atoms with Gasteiger partial charge in [-0.1, -0.05) is 28.8 Å². The fourth-order valence-corrected chi connectivity index (χ4v) is 4.53. The maximum Gasteiger partial charge on any atom is 0.265 e. The van der Waals surface area contributed by atoms with E-state index in [1.54, 1.807) is 4.90 Å². The number of carbonyl (C=O) groups excluding carboxylic acids is 2. The van der Waals surface area contributed by atoms with E-state index in [-0.39, 0.29) is 25.0 Å². The second kappa shape index (κ2) is 7.56. The molecule has 2 aliphatic heterocycles. The molecule has 140 valence electrons. The fraction of sp³-hybridized carbons (Fsp3) is 0.579. The largest absolute Gasteiger partial charge is 0.482 e. The van der Waals surface area contributed by atoms with E-state index in [1.807, 2.05) is 23.1 Å². The van der Waals surface area contributed by atoms with Crippen LogP contribution in [0.1, 0.15) is 25.7 Å². The summed E-state index contributed by atoms with van der Waals surface area (Å²) in [7, 11) is 0. The maximum absolute atomic E-state index is 12.8. The number of amides is 2. The molecule has 0 atom stereocenters. The van der Waals surface area contributed by atoms with Gasteiger partial charge in [-0.05, 0) is 31.0 Å². The quantitative estimate of drug-likeness (QED) is 0.750. The van der Waals surface area contributed by atoms with Crippen molar-refractivity contribution >= 4 is 33.4 Å². The Morgan fingerprint density at radius 2 is 1.88 bits per heavy atom. The number of rotatable bonds is 3. The van der Waals surface area contributed by atoms with Gasteiger partial charge in [0.05, 0.1) is 5.69 Å². The third kappa shape index (κ3) is 3.60. The van der Waals surface area contributed by atoms with E-state index in [2.05, 4.69) is 20.8 Å². The van der Waals surface area contributed by atoms with Crippen LogP contribution in [0.15, 0.2) is 22.7 Å². The first-order valence-electron chi connectivity index (χ1n) is 9.36. The topological polar surface area (TPSA) is 53.1 Å². The number of piperazine rings is 1. The summed E-state index contributed by atoms with van der Waals surface area (Å²) in [5.41, 5.74) is 0.669. The summed E-state index contributed by atoms with van der Waals surface area (Å²) in [6.45, 7) is 3.45. The lowest BCUT2D eigenvalue weighted by Gasteiger charge is -2.39. The number of halogens is 1. The van der Waals surface area contributed by atoms with Gasteiger partial charge in [-0.25, -0.2) is 0 Å². The molecule has 0 spiro atoms. The van der Waals surface area contributed by atoms with Crippen molar-refractivity contribution in [2.45, 2.75) is 31.7 Å². The van der Waals surface area contributed by atoms with Crippen molar-refractivity contribution in [3.05, 3.63) is 22.7 Å². The molecule has 0 bridgehead atoms. The Morgan fingerprint density at radius 1 is 1.15 bits per heavy atom.